The number of nitrogens with two attached hydrogens (primary N) is 1. The molecule has 1 aromatic rings. The van der Waals surface area contributed by atoms with E-state index >= 15 is 0 Å². The molecule has 2 rings (SSSR count). The van der Waals surface area contributed by atoms with Crippen molar-refractivity contribution >= 4 is 5.82 Å². The van der Waals surface area contributed by atoms with Crippen molar-refractivity contribution in [3.63, 3.8) is 0 Å². The molecule has 64 valence electrons. The summed E-state index contributed by atoms with van der Waals surface area (Å²) in [6.45, 7) is 2.03. The standard InChI is InChI=1S/C8H12N4/c9-8-7(11-3-4-12-8)6-1-2-10-5-6/h3-4,6,10H,1-2,5H2,(H2,9,12)/t6-/m1/s1. The molecule has 1 fully saturated rings. The van der Waals surface area contributed by atoms with E-state index < -0.39 is 0 Å². The Balaban J connectivity index is 2.26. The van der Waals surface area contributed by atoms with Gasteiger partial charge in [-0.15, -0.1) is 0 Å². The summed E-state index contributed by atoms with van der Waals surface area (Å²) in [4.78, 5) is 8.24. The SMILES string of the molecule is Nc1nccnc1[C@@H]1CCNC1. The lowest BCUT2D eigenvalue weighted by Gasteiger charge is -2.08. The van der Waals surface area contributed by atoms with E-state index in [1.54, 1.807) is 12.4 Å². The second-order valence-corrected chi connectivity index (χ2v) is 3.02. The molecule has 0 aliphatic carbocycles. The molecule has 0 unspecified atom stereocenters. The molecule has 0 spiro atoms. The average Bonchev–Trinajstić information content (AvgIpc) is 2.57. The zero-order valence-electron chi connectivity index (χ0n) is 6.83. The number of aromatic nitrogens is 2. The summed E-state index contributed by atoms with van der Waals surface area (Å²) in [7, 11) is 0. The van der Waals surface area contributed by atoms with Crippen LogP contribution in [0.5, 0.6) is 0 Å². The van der Waals surface area contributed by atoms with Gasteiger partial charge in [0, 0.05) is 24.9 Å². The molecule has 1 aliphatic rings. The molecule has 4 heteroatoms. The zero-order chi connectivity index (χ0) is 8.39. The lowest BCUT2D eigenvalue weighted by molar-refractivity contribution is 0.733. The van der Waals surface area contributed by atoms with Gasteiger partial charge in [0.15, 0.2) is 0 Å². The van der Waals surface area contributed by atoms with Crippen LogP contribution in [0, 0.1) is 0 Å². The summed E-state index contributed by atoms with van der Waals surface area (Å²) in [6, 6.07) is 0. The molecule has 0 bridgehead atoms. The molecular weight excluding hydrogens is 152 g/mol. The Kier molecular flexibility index (Phi) is 1.91. The van der Waals surface area contributed by atoms with E-state index in [1.807, 2.05) is 0 Å². The summed E-state index contributed by atoms with van der Waals surface area (Å²) in [5.41, 5.74) is 6.65. The van der Waals surface area contributed by atoms with Crippen molar-refractivity contribution in [2.75, 3.05) is 18.8 Å². The van der Waals surface area contributed by atoms with Gasteiger partial charge in [-0.3, -0.25) is 4.98 Å². The number of nitrogen functional groups attached to an aromatic ring is 1. The van der Waals surface area contributed by atoms with Crippen LogP contribution in [0.15, 0.2) is 12.4 Å². The van der Waals surface area contributed by atoms with Crippen LogP contribution in [0.3, 0.4) is 0 Å². The molecule has 1 aromatic heterocycles. The van der Waals surface area contributed by atoms with Crippen molar-refractivity contribution in [1.82, 2.24) is 15.3 Å². The van der Waals surface area contributed by atoms with Gasteiger partial charge in [0.2, 0.25) is 0 Å². The fraction of sp³-hybridized carbons (Fsp3) is 0.500. The predicted octanol–water partition coefficient (Wildman–Crippen LogP) is 0.136. The average molecular weight is 164 g/mol. The third kappa shape index (κ3) is 1.25. The Morgan fingerprint density at radius 1 is 1.42 bits per heavy atom. The fourth-order valence-corrected chi connectivity index (χ4v) is 1.56. The van der Waals surface area contributed by atoms with E-state index in [2.05, 4.69) is 15.3 Å². The fourth-order valence-electron chi connectivity index (χ4n) is 1.56. The number of anilines is 1. The van der Waals surface area contributed by atoms with Crippen LogP contribution < -0.4 is 11.1 Å². The maximum atomic E-state index is 5.70. The first-order chi connectivity index (χ1) is 5.88. The first-order valence-electron chi connectivity index (χ1n) is 4.15. The van der Waals surface area contributed by atoms with Crippen molar-refractivity contribution in [1.29, 1.82) is 0 Å². The van der Waals surface area contributed by atoms with E-state index in [0.29, 0.717) is 11.7 Å². The minimum Gasteiger partial charge on any atom is -0.382 e. The molecule has 4 nitrogen and oxygen atoms in total. The van der Waals surface area contributed by atoms with E-state index in [-0.39, 0.29) is 0 Å². The summed E-state index contributed by atoms with van der Waals surface area (Å²) in [6.07, 6.45) is 4.44. The molecule has 1 aliphatic heterocycles. The highest BCUT2D eigenvalue weighted by atomic mass is 14.9. The Labute approximate surface area is 71.2 Å². The number of rotatable bonds is 1. The van der Waals surface area contributed by atoms with Crippen molar-refractivity contribution < 1.29 is 0 Å². The highest BCUT2D eigenvalue weighted by molar-refractivity contribution is 5.36. The highest BCUT2D eigenvalue weighted by Crippen LogP contribution is 2.22. The summed E-state index contributed by atoms with van der Waals surface area (Å²) >= 11 is 0. The normalized spacial score (nSPS) is 22.8. The zero-order valence-corrected chi connectivity index (χ0v) is 6.83. The Morgan fingerprint density at radius 3 is 2.92 bits per heavy atom. The minimum absolute atomic E-state index is 0.457. The van der Waals surface area contributed by atoms with Crippen LogP contribution >= 0.6 is 0 Å². The van der Waals surface area contributed by atoms with E-state index in [1.165, 1.54) is 0 Å². The van der Waals surface area contributed by atoms with Crippen molar-refractivity contribution in [3.8, 4) is 0 Å². The third-order valence-electron chi connectivity index (χ3n) is 2.20. The summed E-state index contributed by atoms with van der Waals surface area (Å²) in [5, 5.41) is 3.27. The topological polar surface area (TPSA) is 63.8 Å². The van der Waals surface area contributed by atoms with Crippen LogP contribution in [0.4, 0.5) is 5.82 Å². The Hall–Kier alpha value is -1.16. The molecular formula is C8H12N4. The highest BCUT2D eigenvalue weighted by Gasteiger charge is 2.20. The van der Waals surface area contributed by atoms with Crippen molar-refractivity contribution in [2.45, 2.75) is 12.3 Å². The quantitative estimate of drug-likeness (QED) is 0.619. The Morgan fingerprint density at radius 2 is 2.25 bits per heavy atom. The molecule has 1 atom stereocenters. The molecule has 12 heavy (non-hydrogen) atoms. The molecule has 0 amide bonds. The van der Waals surface area contributed by atoms with Gasteiger partial charge >= 0.3 is 0 Å². The van der Waals surface area contributed by atoms with Crippen LogP contribution in [0.1, 0.15) is 18.0 Å². The number of hydrogen-bond donors (Lipinski definition) is 2. The lowest BCUT2D eigenvalue weighted by Crippen LogP contribution is -2.11. The molecule has 2 heterocycles. The monoisotopic (exact) mass is 164 g/mol. The molecule has 1 saturated heterocycles. The van der Waals surface area contributed by atoms with E-state index in [4.69, 9.17) is 5.73 Å². The van der Waals surface area contributed by atoms with E-state index in [0.717, 1.165) is 25.2 Å². The first-order valence-corrected chi connectivity index (χ1v) is 4.15. The van der Waals surface area contributed by atoms with Gasteiger partial charge in [0.1, 0.15) is 5.82 Å². The number of nitrogens with one attached hydrogen (secondary N) is 1. The van der Waals surface area contributed by atoms with Gasteiger partial charge in [0.05, 0.1) is 5.69 Å². The number of nitrogens with zero attached hydrogens (tertiary/aromatic N) is 2. The lowest BCUT2D eigenvalue weighted by atomic mass is 10.1. The second-order valence-electron chi connectivity index (χ2n) is 3.02. The van der Waals surface area contributed by atoms with Gasteiger partial charge in [-0.05, 0) is 13.0 Å². The molecule has 0 saturated carbocycles. The summed E-state index contributed by atoms with van der Waals surface area (Å²) in [5.74, 6) is 1.03. The molecule has 3 N–H and O–H groups in total. The van der Waals surface area contributed by atoms with Gasteiger partial charge in [0.25, 0.3) is 0 Å². The van der Waals surface area contributed by atoms with Crippen molar-refractivity contribution in [3.05, 3.63) is 18.1 Å². The van der Waals surface area contributed by atoms with Crippen LogP contribution in [0.2, 0.25) is 0 Å². The number of hydrogen-bond acceptors (Lipinski definition) is 4. The maximum absolute atomic E-state index is 5.70. The second kappa shape index (κ2) is 3.06. The van der Waals surface area contributed by atoms with E-state index in [9.17, 15) is 0 Å². The third-order valence-corrected chi connectivity index (χ3v) is 2.20. The predicted molar refractivity (Wildman–Crippen MR) is 46.7 cm³/mol. The van der Waals surface area contributed by atoms with Gasteiger partial charge in [-0.2, -0.15) is 0 Å². The Bertz CT molecular complexity index is 268. The smallest absolute Gasteiger partial charge is 0.145 e. The minimum atomic E-state index is 0.457. The van der Waals surface area contributed by atoms with Gasteiger partial charge < -0.3 is 11.1 Å². The van der Waals surface area contributed by atoms with Gasteiger partial charge in [-0.1, -0.05) is 0 Å². The largest absolute Gasteiger partial charge is 0.382 e. The van der Waals surface area contributed by atoms with Crippen LogP contribution in [0.25, 0.3) is 0 Å². The molecule has 0 aromatic carbocycles. The summed E-state index contributed by atoms with van der Waals surface area (Å²) < 4.78 is 0. The molecule has 0 radical (unpaired) electrons. The van der Waals surface area contributed by atoms with Crippen LogP contribution in [-0.2, 0) is 0 Å². The van der Waals surface area contributed by atoms with Crippen LogP contribution in [-0.4, -0.2) is 23.1 Å². The first kappa shape index (κ1) is 7.49. The van der Waals surface area contributed by atoms with Gasteiger partial charge in [-0.25, -0.2) is 4.98 Å². The van der Waals surface area contributed by atoms with Crippen molar-refractivity contribution in [2.24, 2.45) is 0 Å². The maximum Gasteiger partial charge on any atom is 0.145 e.